The van der Waals surface area contributed by atoms with Gasteiger partial charge in [-0.05, 0) is 35.7 Å². The highest BCUT2D eigenvalue weighted by atomic mass is 32.2. The summed E-state index contributed by atoms with van der Waals surface area (Å²) in [4.78, 5) is 4.02. The van der Waals surface area contributed by atoms with Gasteiger partial charge in [-0.15, -0.1) is 0 Å². The summed E-state index contributed by atoms with van der Waals surface area (Å²) in [6, 6.07) is 20.7. The highest BCUT2D eigenvalue weighted by molar-refractivity contribution is 7.89. The summed E-state index contributed by atoms with van der Waals surface area (Å²) in [5.74, 6) is 0. The molecule has 0 bridgehead atoms. The van der Waals surface area contributed by atoms with Gasteiger partial charge in [0.25, 0.3) is 0 Å². The molecular formula is C19H18N2O2S. The molecule has 0 aliphatic carbocycles. The van der Waals surface area contributed by atoms with Crippen molar-refractivity contribution < 1.29 is 8.42 Å². The number of benzene rings is 2. The largest absolute Gasteiger partial charge is 0.263 e. The Morgan fingerprint density at radius 2 is 1.54 bits per heavy atom. The zero-order valence-corrected chi connectivity index (χ0v) is 14.1. The highest BCUT2D eigenvalue weighted by Gasteiger charge is 2.18. The summed E-state index contributed by atoms with van der Waals surface area (Å²) in [5, 5.41) is 0. The van der Waals surface area contributed by atoms with Crippen LogP contribution in [-0.2, 0) is 10.0 Å². The molecule has 0 saturated carbocycles. The predicted octanol–water partition coefficient (Wildman–Crippen LogP) is 3.79. The summed E-state index contributed by atoms with van der Waals surface area (Å²) >= 11 is 0. The van der Waals surface area contributed by atoms with Crippen LogP contribution in [0.5, 0.6) is 0 Å². The fourth-order valence-electron chi connectivity index (χ4n) is 2.47. The van der Waals surface area contributed by atoms with Gasteiger partial charge in [0.15, 0.2) is 0 Å². The molecule has 5 heteroatoms. The Hall–Kier alpha value is -2.50. The molecule has 0 fully saturated rings. The predicted molar refractivity (Wildman–Crippen MR) is 94.9 cm³/mol. The SMILES string of the molecule is CC(NS(=O)(=O)c1cccnc1)c1ccc(-c2ccccc2)cc1. The zero-order chi connectivity index (χ0) is 17.0. The normalized spacial score (nSPS) is 12.7. The van der Waals surface area contributed by atoms with E-state index in [0.29, 0.717) is 0 Å². The Morgan fingerprint density at radius 1 is 0.875 bits per heavy atom. The van der Waals surface area contributed by atoms with Crippen molar-refractivity contribution in [3.8, 4) is 11.1 Å². The van der Waals surface area contributed by atoms with Gasteiger partial charge in [0, 0.05) is 18.4 Å². The third-order valence-corrected chi connectivity index (χ3v) is 5.32. The maximum Gasteiger partial charge on any atom is 0.242 e. The van der Waals surface area contributed by atoms with Gasteiger partial charge in [0.1, 0.15) is 4.90 Å². The number of aromatic nitrogens is 1. The van der Waals surface area contributed by atoms with Gasteiger partial charge in [0.05, 0.1) is 0 Å². The van der Waals surface area contributed by atoms with Crippen LogP contribution in [0.2, 0.25) is 0 Å². The van der Waals surface area contributed by atoms with E-state index in [1.54, 1.807) is 12.3 Å². The van der Waals surface area contributed by atoms with Crippen LogP contribution in [-0.4, -0.2) is 13.4 Å². The third kappa shape index (κ3) is 3.69. The van der Waals surface area contributed by atoms with E-state index < -0.39 is 10.0 Å². The van der Waals surface area contributed by atoms with Crippen molar-refractivity contribution in [2.45, 2.75) is 17.9 Å². The van der Waals surface area contributed by atoms with Crippen LogP contribution in [0.15, 0.2) is 84.0 Å². The quantitative estimate of drug-likeness (QED) is 0.770. The van der Waals surface area contributed by atoms with Crippen LogP contribution in [0.3, 0.4) is 0 Å². The minimum atomic E-state index is -3.58. The Labute approximate surface area is 142 Å². The van der Waals surface area contributed by atoms with E-state index in [0.717, 1.165) is 16.7 Å². The van der Waals surface area contributed by atoms with E-state index in [9.17, 15) is 8.42 Å². The lowest BCUT2D eigenvalue weighted by Crippen LogP contribution is -2.26. The number of sulfonamides is 1. The highest BCUT2D eigenvalue weighted by Crippen LogP contribution is 2.22. The Kier molecular flexibility index (Phi) is 4.74. The molecule has 0 radical (unpaired) electrons. The van der Waals surface area contributed by atoms with Crippen molar-refractivity contribution in [2.75, 3.05) is 0 Å². The van der Waals surface area contributed by atoms with Gasteiger partial charge >= 0.3 is 0 Å². The van der Waals surface area contributed by atoms with E-state index in [2.05, 4.69) is 9.71 Å². The molecule has 1 unspecified atom stereocenters. The van der Waals surface area contributed by atoms with Crippen molar-refractivity contribution in [3.63, 3.8) is 0 Å². The molecule has 1 heterocycles. The molecule has 3 aromatic rings. The Balaban J connectivity index is 1.77. The number of nitrogens with zero attached hydrogens (tertiary/aromatic N) is 1. The zero-order valence-electron chi connectivity index (χ0n) is 13.3. The average molecular weight is 338 g/mol. The second-order valence-electron chi connectivity index (χ2n) is 5.52. The van der Waals surface area contributed by atoms with E-state index in [1.807, 2.05) is 61.5 Å². The van der Waals surface area contributed by atoms with Crippen molar-refractivity contribution in [1.82, 2.24) is 9.71 Å². The van der Waals surface area contributed by atoms with Gasteiger partial charge in [-0.3, -0.25) is 4.98 Å². The molecule has 0 aliphatic heterocycles. The molecule has 0 amide bonds. The van der Waals surface area contributed by atoms with Gasteiger partial charge < -0.3 is 0 Å². The number of rotatable bonds is 5. The van der Waals surface area contributed by atoms with Crippen LogP contribution < -0.4 is 4.72 Å². The van der Waals surface area contributed by atoms with Gasteiger partial charge in [-0.1, -0.05) is 54.6 Å². The van der Waals surface area contributed by atoms with E-state index >= 15 is 0 Å². The lowest BCUT2D eigenvalue weighted by molar-refractivity contribution is 0.566. The van der Waals surface area contributed by atoms with Crippen LogP contribution in [0, 0.1) is 0 Å². The molecule has 0 spiro atoms. The van der Waals surface area contributed by atoms with Gasteiger partial charge in [-0.25, -0.2) is 13.1 Å². The van der Waals surface area contributed by atoms with Crippen LogP contribution in [0.25, 0.3) is 11.1 Å². The molecule has 0 saturated heterocycles. The molecule has 3 rings (SSSR count). The fraction of sp³-hybridized carbons (Fsp3) is 0.105. The molecule has 1 atom stereocenters. The Bertz CT molecular complexity index is 893. The molecule has 0 aliphatic rings. The van der Waals surface area contributed by atoms with E-state index in [-0.39, 0.29) is 10.9 Å². The first-order chi connectivity index (χ1) is 11.6. The first-order valence-corrected chi connectivity index (χ1v) is 9.12. The average Bonchev–Trinajstić information content (AvgIpc) is 2.63. The summed E-state index contributed by atoms with van der Waals surface area (Å²) in [6.07, 6.45) is 2.89. The van der Waals surface area contributed by atoms with Crippen LogP contribution in [0.4, 0.5) is 0 Å². The standard InChI is InChI=1S/C19H18N2O2S/c1-15(21-24(22,23)19-8-5-13-20-14-19)16-9-11-18(12-10-16)17-6-3-2-4-7-17/h2-15,21H,1H3. The molecular weight excluding hydrogens is 320 g/mol. The number of hydrogen-bond donors (Lipinski definition) is 1. The summed E-state index contributed by atoms with van der Waals surface area (Å²) in [5.41, 5.74) is 3.14. The first-order valence-electron chi connectivity index (χ1n) is 7.64. The maximum absolute atomic E-state index is 12.4. The van der Waals surface area contributed by atoms with Crippen molar-refractivity contribution in [2.24, 2.45) is 0 Å². The van der Waals surface area contributed by atoms with Crippen LogP contribution in [0.1, 0.15) is 18.5 Å². The van der Waals surface area contributed by atoms with Crippen molar-refractivity contribution in [1.29, 1.82) is 0 Å². The topological polar surface area (TPSA) is 59.1 Å². The van der Waals surface area contributed by atoms with Crippen molar-refractivity contribution >= 4 is 10.0 Å². The summed E-state index contributed by atoms with van der Waals surface area (Å²) in [6.45, 7) is 1.82. The van der Waals surface area contributed by atoms with E-state index in [4.69, 9.17) is 0 Å². The molecule has 122 valence electrons. The second-order valence-corrected chi connectivity index (χ2v) is 7.23. The first kappa shape index (κ1) is 16.4. The maximum atomic E-state index is 12.4. The van der Waals surface area contributed by atoms with Gasteiger partial charge in [-0.2, -0.15) is 0 Å². The Morgan fingerprint density at radius 3 is 2.17 bits per heavy atom. The summed E-state index contributed by atoms with van der Waals surface area (Å²) < 4.78 is 27.4. The number of hydrogen-bond acceptors (Lipinski definition) is 3. The second kappa shape index (κ2) is 6.95. The smallest absolute Gasteiger partial charge is 0.242 e. The molecule has 24 heavy (non-hydrogen) atoms. The fourth-order valence-corrected chi connectivity index (χ4v) is 3.66. The summed E-state index contributed by atoms with van der Waals surface area (Å²) in [7, 11) is -3.58. The van der Waals surface area contributed by atoms with Gasteiger partial charge in [0.2, 0.25) is 10.0 Å². The monoisotopic (exact) mass is 338 g/mol. The third-order valence-electron chi connectivity index (χ3n) is 3.79. The van der Waals surface area contributed by atoms with E-state index in [1.165, 1.54) is 12.3 Å². The number of pyridine rings is 1. The molecule has 1 aromatic heterocycles. The minimum Gasteiger partial charge on any atom is -0.263 e. The lowest BCUT2D eigenvalue weighted by Gasteiger charge is -2.15. The molecule has 2 aromatic carbocycles. The molecule has 4 nitrogen and oxygen atoms in total. The lowest BCUT2D eigenvalue weighted by atomic mass is 10.0. The van der Waals surface area contributed by atoms with Crippen molar-refractivity contribution in [3.05, 3.63) is 84.7 Å². The minimum absolute atomic E-state index is 0.165. The number of nitrogens with one attached hydrogen (secondary N) is 1. The molecule has 1 N–H and O–H groups in total. The van der Waals surface area contributed by atoms with Crippen LogP contribution >= 0.6 is 0 Å².